The van der Waals surface area contributed by atoms with E-state index in [2.05, 4.69) is 10.2 Å². The van der Waals surface area contributed by atoms with Gasteiger partial charge < -0.3 is 15.0 Å². The van der Waals surface area contributed by atoms with Gasteiger partial charge in [-0.1, -0.05) is 6.07 Å². The highest BCUT2D eigenvalue weighted by Gasteiger charge is 2.17. The first kappa shape index (κ1) is 13.8. The Morgan fingerprint density at radius 2 is 2.10 bits per heavy atom. The number of nitrogens with zero attached hydrogens (tertiary/aromatic N) is 1. The smallest absolute Gasteiger partial charge is 0.146 e. The van der Waals surface area contributed by atoms with Crippen LogP contribution in [0.3, 0.4) is 0 Å². The molecule has 2 heterocycles. The third kappa shape index (κ3) is 3.30. The lowest BCUT2D eigenvalue weighted by Crippen LogP contribution is -2.26. The van der Waals surface area contributed by atoms with Gasteiger partial charge in [0.15, 0.2) is 0 Å². The molecule has 2 aliphatic heterocycles. The van der Waals surface area contributed by atoms with E-state index in [1.54, 1.807) is 6.07 Å². The Morgan fingerprint density at radius 3 is 2.85 bits per heavy atom. The van der Waals surface area contributed by atoms with Crippen molar-refractivity contribution in [2.45, 2.75) is 38.3 Å². The molecule has 1 aromatic rings. The van der Waals surface area contributed by atoms with Gasteiger partial charge in [0, 0.05) is 32.8 Å². The number of benzene rings is 1. The molecule has 1 N–H and O–H groups in total. The van der Waals surface area contributed by atoms with Gasteiger partial charge in [-0.2, -0.15) is 0 Å². The van der Waals surface area contributed by atoms with Crippen molar-refractivity contribution in [3.8, 4) is 0 Å². The first-order valence-corrected chi connectivity index (χ1v) is 7.68. The normalized spacial score (nSPS) is 22.6. The molecule has 4 heteroatoms. The molecule has 3 rings (SSSR count). The molecule has 0 aliphatic carbocycles. The van der Waals surface area contributed by atoms with Crippen LogP contribution in [0.5, 0.6) is 0 Å². The van der Waals surface area contributed by atoms with Crippen LogP contribution in [0.1, 0.15) is 31.2 Å². The van der Waals surface area contributed by atoms with E-state index in [1.807, 2.05) is 12.1 Å². The summed E-state index contributed by atoms with van der Waals surface area (Å²) in [6.07, 6.45) is 5.01. The van der Waals surface area contributed by atoms with Crippen molar-refractivity contribution >= 4 is 5.69 Å². The molecular weight excluding hydrogens is 255 g/mol. The Balaban J connectivity index is 1.57. The van der Waals surface area contributed by atoms with E-state index in [9.17, 15) is 4.39 Å². The maximum absolute atomic E-state index is 13.9. The molecule has 3 nitrogen and oxygen atoms in total. The Morgan fingerprint density at radius 1 is 1.25 bits per heavy atom. The van der Waals surface area contributed by atoms with E-state index in [1.165, 1.54) is 19.3 Å². The minimum Gasteiger partial charge on any atom is -0.377 e. The monoisotopic (exact) mass is 278 g/mol. The predicted octanol–water partition coefficient (Wildman–Crippen LogP) is 2.69. The fourth-order valence-electron chi connectivity index (χ4n) is 3.05. The van der Waals surface area contributed by atoms with Crippen molar-refractivity contribution in [1.29, 1.82) is 0 Å². The summed E-state index contributed by atoms with van der Waals surface area (Å²) in [4.78, 5) is 2.15. The number of rotatable bonds is 5. The quantitative estimate of drug-likeness (QED) is 0.896. The van der Waals surface area contributed by atoms with Gasteiger partial charge in [0.2, 0.25) is 0 Å². The van der Waals surface area contributed by atoms with Crippen LogP contribution in [-0.4, -0.2) is 32.3 Å². The van der Waals surface area contributed by atoms with Crippen LogP contribution < -0.4 is 10.2 Å². The average Bonchev–Trinajstić information content (AvgIpc) is 3.13. The second-order valence-corrected chi connectivity index (χ2v) is 5.75. The topological polar surface area (TPSA) is 24.5 Å². The summed E-state index contributed by atoms with van der Waals surface area (Å²) in [7, 11) is 0. The maximum Gasteiger partial charge on any atom is 0.146 e. The molecule has 0 bridgehead atoms. The highest BCUT2D eigenvalue weighted by molar-refractivity contribution is 5.50. The van der Waals surface area contributed by atoms with Gasteiger partial charge in [0.25, 0.3) is 0 Å². The van der Waals surface area contributed by atoms with Crippen molar-refractivity contribution in [2.75, 3.05) is 31.1 Å². The standard InChI is InChI=1S/C16H23FN2O/c17-15-6-5-13(10-16(15)19-7-1-2-8-19)11-18-12-14-4-3-9-20-14/h5-6,10,14,18H,1-4,7-9,11-12H2. The third-order valence-corrected chi connectivity index (χ3v) is 4.18. The van der Waals surface area contributed by atoms with Crippen molar-refractivity contribution < 1.29 is 9.13 Å². The Kier molecular flexibility index (Phi) is 4.53. The number of halogens is 1. The van der Waals surface area contributed by atoms with Gasteiger partial charge >= 0.3 is 0 Å². The number of nitrogens with one attached hydrogen (secondary N) is 1. The summed E-state index contributed by atoms with van der Waals surface area (Å²) in [5.74, 6) is -0.102. The minimum atomic E-state index is -0.102. The van der Waals surface area contributed by atoms with E-state index in [4.69, 9.17) is 4.74 Å². The van der Waals surface area contributed by atoms with Crippen molar-refractivity contribution in [3.63, 3.8) is 0 Å². The zero-order valence-electron chi connectivity index (χ0n) is 11.9. The molecule has 2 aliphatic rings. The van der Waals surface area contributed by atoms with Gasteiger partial charge in [-0.15, -0.1) is 0 Å². The van der Waals surface area contributed by atoms with Crippen LogP contribution in [-0.2, 0) is 11.3 Å². The molecule has 1 atom stereocenters. The lowest BCUT2D eigenvalue weighted by Gasteiger charge is -2.19. The number of hydrogen-bond acceptors (Lipinski definition) is 3. The lowest BCUT2D eigenvalue weighted by atomic mass is 10.1. The van der Waals surface area contributed by atoms with Crippen LogP contribution >= 0.6 is 0 Å². The van der Waals surface area contributed by atoms with Crippen molar-refractivity contribution in [2.24, 2.45) is 0 Å². The third-order valence-electron chi connectivity index (χ3n) is 4.18. The summed E-state index contributed by atoms with van der Waals surface area (Å²) in [5, 5.41) is 3.41. The molecule has 20 heavy (non-hydrogen) atoms. The van der Waals surface area contributed by atoms with Crippen molar-refractivity contribution in [3.05, 3.63) is 29.6 Å². The summed E-state index contributed by atoms with van der Waals surface area (Å²) in [6.45, 7) is 4.51. The van der Waals surface area contributed by atoms with Gasteiger partial charge in [-0.3, -0.25) is 0 Å². The lowest BCUT2D eigenvalue weighted by molar-refractivity contribution is 0.110. The Hall–Kier alpha value is -1.13. The highest BCUT2D eigenvalue weighted by atomic mass is 19.1. The molecule has 0 radical (unpaired) electrons. The fourth-order valence-corrected chi connectivity index (χ4v) is 3.05. The van der Waals surface area contributed by atoms with E-state index in [0.717, 1.165) is 50.5 Å². The maximum atomic E-state index is 13.9. The van der Waals surface area contributed by atoms with Gasteiger partial charge in [0.05, 0.1) is 11.8 Å². The van der Waals surface area contributed by atoms with Crippen LogP contribution in [0.15, 0.2) is 18.2 Å². The number of hydrogen-bond donors (Lipinski definition) is 1. The molecule has 2 saturated heterocycles. The van der Waals surface area contributed by atoms with Crippen molar-refractivity contribution in [1.82, 2.24) is 5.32 Å². The molecule has 0 spiro atoms. The zero-order valence-corrected chi connectivity index (χ0v) is 11.9. The summed E-state index contributed by atoms with van der Waals surface area (Å²) in [5.41, 5.74) is 1.91. The second-order valence-electron chi connectivity index (χ2n) is 5.75. The SMILES string of the molecule is Fc1ccc(CNCC2CCCO2)cc1N1CCCC1. The molecule has 0 aromatic heterocycles. The zero-order chi connectivity index (χ0) is 13.8. The largest absolute Gasteiger partial charge is 0.377 e. The molecular formula is C16H23FN2O. The van der Waals surface area contributed by atoms with Gasteiger partial charge in [-0.25, -0.2) is 4.39 Å². The highest BCUT2D eigenvalue weighted by Crippen LogP contribution is 2.24. The van der Waals surface area contributed by atoms with E-state index in [0.29, 0.717) is 6.10 Å². The van der Waals surface area contributed by atoms with Crippen LogP contribution in [0, 0.1) is 5.82 Å². The second kappa shape index (κ2) is 6.55. The molecule has 110 valence electrons. The number of anilines is 1. The minimum absolute atomic E-state index is 0.102. The fraction of sp³-hybridized carbons (Fsp3) is 0.625. The summed E-state index contributed by atoms with van der Waals surface area (Å²) < 4.78 is 19.5. The first-order valence-electron chi connectivity index (χ1n) is 7.68. The Bertz CT molecular complexity index is 440. The van der Waals surface area contributed by atoms with Gasteiger partial charge in [-0.05, 0) is 43.4 Å². The van der Waals surface area contributed by atoms with E-state index < -0.39 is 0 Å². The molecule has 0 saturated carbocycles. The van der Waals surface area contributed by atoms with Crippen LogP contribution in [0.25, 0.3) is 0 Å². The van der Waals surface area contributed by atoms with E-state index >= 15 is 0 Å². The predicted molar refractivity (Wildman–Crippen MR) is 78.5 cm³/mol. The Labute approximate surface area is 120 Å². The first-order chi connectivity index (χ1) is 9.83. The number of ether oxygens (including phenoxy) is 1. The average molecular weight is 278 g/mol. The molecule has 0 amide bonds. The van der Waals surface area contributed by atoms with Gasteiger partial charge in [0.1, 0.15) is 5.82 Å². The van der Waals surface area contributed by atoms with Crippen LogP contribution in [0.4, 0.5) is 10.1 Å². The van der Waals surface area contributed by atoms with Crippen LogP contribution in [0.2, 0.25) is 0 Å². The molecule has 1 unspecified atom stereocenters. The summed E-state index contributed by atoms with van der Waals surface area (Å²) >= 11 is 0. The molecule has 2 fully saturated rings. The van der Waals surface area contributed by atoms with E-state index in [-0.39, 0.29) is 5.82 Å². The molecule has 1 aromatic carbocycles. The summed E-state index contributed by atoms with van der Waals surface area (Å²) in [6, 6.07) is 5.46.